The van der Waals surface area contributed by atoms with Crippen LogP contribution in [-0.4, -0.2) is 50.7 Å². The Morgan fingerprint density at radius 3 is 2.71 bits per heavy atom. The SMILES string of the molecule is CNC(CC1CN(C)CCN1)C1CCCCC1. The van der Waals surface area contributed by atoms with Gasteiger partial charge in [0.05, 0.1) is 0 Å². The summed E-state index contributed by atoms with van der Waals surface area (Å²) in [7, 11) is 4.38. The molecule has 2 rings (SSSR count). The Kier molecular flexibility index (Phi) is 5.26. The first-order chi connectivity index (χ1) is 8.29. The first-order valence-corrected chi connectivity index (χ1v) is 7.39. The van der Waals surface area contributed by atoms with Crippen molar-refractivity contribution in [2.45, 2.75) is 50.6 Å². The number of rotatable bonds is 4. The van der Waals surface area contributed by atoms with Gasteiger partial charge in [-0.25, -0.2) is 0 Å². The van der Waals surface area contributed by atoms with Gasteiger partial charge in [-0.15, -0.1) is 0 Å². The summed E-state index contributed by atoms with van der Waals surface area (Å²) in [6, 6.07) is 1.41. The van der Waals surface area contributed by atoms with Crippen molar-refractivity contribution in [3.8, 4) is 0 Å². The molecule has 0 aromatic carbocycles. The van der Waals surface area contributed by atoms with Gasteiger partial charge in [-0.05, 0) is 39.3 Å². The van der Waals surface area contributed by atoms with Crippen LogP contribution < -0.4 is 10.6 Å². The molecule has 17 heavy (non-hydrogen) atoms. The van der Waals surface area contributed by atoms with E-state index in [9.17, 15) is 0 Å². The van der Waals surface area contributed by atoms with Crippen molar-refractivity contribution in [3.05, 3.63) is 0 Å². The molecular weight excluding hydrogens is 210 g/mol. The Bertz CT molecular complexity index is 214. The second-order valence-corrected chi connectivity index (χ2v) is 5.94. The monoisotopic (exact) mass is 239 g/mol. The van der Waals surface area contributed by atoms with Crippen LogP contribution in [0, 0.1) is 5.92 Å². The zero-order valence-corrected chi connectivity index (χ0v) is 11.5. The zero-order valence-electron chi connectivity index (χ0n) is 11.5. The quantitative estimate of drug-likeness (QED) is 0.777. The van der Waals surface area contributed by atoms with Crippen LogP contribution in [0.1, 0.15) is 38.5 Å². The van der Waals surface area contributed by atoms with Gasteiger partial charge in [-0.2, -0.15) is 0 Å². The maximum absolute atomic E-state index is 3.67. The molecule has 0 aromatic heterocycles. The lowest BCUT2D eigenvalue weighted by Crippen LogP contribution is -2.52. The molecule has 1 saturated heterocycles. The van der Waals surface area contributed by atoms with E-state index in [1.165, 1.54) is 51.6 Å². The molecule has 0 spiro atoms. The fraction of sp³-hybridized carbons (Fsp3) is 1.00. The molecule has 100 valence electrons. The van der Waals surface area contributed by atoms with E-state index < -0.39 is 0 Å². The van der Waals surface area contributed by atoms with E-state index in [0.717, 1.165) is 18.5 Å². The summed E-state index contributed by atoms with van der Waals surface area (Å²) in [6.45, 7) is 3.57. The fourth-order valence-corrected chi connectivity index (χ4v) is 3.54. The van der Waals surface area contributed by atoms with Crippen molar-refractivity contribution in [1.29, 1.82) is 0 Å². The summed E-state index contributed by atoms with van der Waals surface area (Å²) >= 11 is 0. The van der Waals surface area contributed by atoms with Crippen LogP contribution in [0.25, 0.3) is 0 Å². The molecule has 2 N–H and O–H groups in total. The number of hydrogen-bond acceptors (Lipinski definition) is 3. The minimum absolute atomic E-state index is 0.688. The van der Waals surface area contributed by atoms with Crippen molar-refractivity contribution >= 4 is 0 Å². The Morgan fingerprint density at radius 1 is 1.29 bits per heavy atom. The molecule has 1 aliphatic heterocycles. The highest BCUT2D eigenvalue weighted by Crippen LogP contribution is 2.28. The molecule has 1 heterocycles. The zero-order chi connectivity index (χ0) is 12.1. The average molecular weight is 239 g/mol. The number of nitrogens with one attached hydrogen (secondary N) is 2. The highest BCUT2D eigenvalue weighted by atomic mass is 15.2. The number of piperazine rings is 1. The highest BCUT2D eigenvalue weighted by molar-refractivity contribution is 4.86. The van der Waals surface area contributed by atoms with Gasteiger partial charge in [-0.1, -0.05) is 19.3 Å². The van der Waals surface area contributed by atoms with E-state index in [1.807, 2.05) is 0 Å². The summed E-state index contributed by atoms with van der Waals surface area (Å²) in [5, 5.41) is 7.25. The molecule has 2 fully saturated rings. The molecule has 0 amide bonds. The van der Waals surface area contributed by atoms with Gasteiger partial charge in [-0.3, -0.25) is 0 Å². The van der Waals surface area contributed by atoms with Gasteiger partial charge in [0.25, 0.3) is 0 Å². The highest BCUT2D eigenvalue weighted by Gasteiger charge is 2.26. The predicted octanol–water partition coefficient (Wildman–Crippen LogP) is 1.45. The van der Waals surface area contributed by atoms with Crippen molar-refractivity contribution < 1.29 is 0 Å². The van der Waals surface area contributed by atoms with Crippen molar-refractivity contribution in [3.63, 3.8) is 0 Å². The molecule has 2 unspecified atom stereocenters. The molecule has 2 atom stereocenters. The van der Waals surface area contributed by atoms with Crippen LogP contribution in [0.4, 0.5) is 0 Å². The van der Waals surface area contributed by atoms with Gasteiger partial charge in [0.15, 0.2) is 0 Å². The molecular formula is C14H29N3. The van der Waals surface area contributed by atoms with E-state index in [1.54, 1.807) is 0 Å². The number of likely N-dealkylation sites (N-methyl/N-ethyl adjacent to an activating group) is 1. The van der Waals surface area contributed by atoms with Gasteiger partial charge < -0.3 is 15.5 Å². The Balaban J connectivity index is 1.81. The topological polar surface area (TPSA) is 27.3 Å². The van der Waals surface area contributed by atoms with Crippen LogP contribution in [-0.2, 0) is 0 Å². The average Bonchev–Trinajstić information content (AvgIpc) is 2.37. The molecule has 2 aliphatic rings. The van der Waals surface area contributed by atoms with Gasteiger partial charge in [0, 0.05) is 31.7 Å². The summed E-state index contributed by atoms with van der Waals surface area (Å²) in [4.78, 5) is 2.45. The summed E-state index contributed by atoms with van der Waals surface area (Å²) in [6.07, 6.45) is 8.52. The third kappa shape index (κ3) is 3.94. The van der Waals surface area contributed by atoms with E-state index in [-0.39, 0.29) is 0 Å². The van der Waals surface area contributed by atoms with Crippen molar-refractivity contribution in [2.24, 2.45) is 5.92 Å². The molecule has 1 saturated carbocycles. The lowest BCUT2D eigenvalue weighted by Gasteiger charge is -2.36. The van der Waals surface area contributed by atoms with Gasteiger partial charge in [0.1, 0.15) is 0 Å². The Morgan fingerprint density at radius 2 is 2.06 bits per heavy atom. The third-order valence-corrected chi connectivity index (χ3v) is 4.59. The van der Waals surface area contributed by atoms with E-state index in [2.05, 4.69) is 29.6 Å². The minimum Gasteiger partial charge on any atom is -0.317 e. The van der Waals surface area contributed by atoms with Gasteiger partial charge in [0.2, 0.25) is 0 Å². The molecule has 3 heteroatoms. The molecule has 0 aromatic rings. The summed E-state index contributed by atoms with van der Waals surface area (Å²) in [5.41, 5.74) is 0. The second kappa shape index (κ2) is 6.72. The standard InChI is InChI=1S/C14H29N3/c1-15-14(12-6-4-3-5-7-12)10-13-11-17(2)9-8-16-13/h12-16H,3-11H2,1-2H3. The first kappa shape index (κ1) is 13.3. The maximum atomic E-state index is 3.67. The number of hydrogen-bond donors (Lipinski definition) is 2. The van der Waals surface area contributed by atoms with Crippen LogP contribution in [0.3, 0.4) is 0 Å². The molecule has 0 bridgehead atoms. The van der Waals surface area contributed by atoms with Crippen LogP contribution in [0.15, 0.2) is 0 Å². The largest absolute Gasteiger partial charge is 0.317 e. The number of nitrogens with zero attached hydrogens (tertiary/aromatic N) is 1. The Hall–Kier alpha value is -0.120. The lowest BCUT2D eigenvalue weighted by molar-refractivity contribution is 0.193. The Labute approximate surface area is 106 Å². The van der Waals surface area contributed by atoms with Crippen LogP contribution >= 0.6 is 0 Å². The van der Waals surface area contributed by atoms with Crippen LogP contribution in [0.5, 0.6) is 0 Å². The minimum atomic E-state index is 0.688. The smallest absolute Gasteiger partial charge is 0.0210 e. The summed E-state index contributed by atoms with van der Waals surface area (Å²) < 4.78 is 0. The van der Waals surface area contributed by atoms with E-state index in [4.69, 9.17) is 0 Å². The lowest BCUT2D eigenvalue weighted by atomic mass is 9.81. The maximum Gasteiger partial charge on any atom is 0.0210 e. The normalized spacial score (nSPS) is 30.4. The van der Waals surface area contributed by atoms with Crippen molar-refractivity contribution in [2.75, 3.05) is 33.7 Å². The van der Waals surface area contributed by atoms with Gasteiger partial charge >= 0.3 is 0 Å². The van der Waals surface area contributed by atoms with E-state index in [0.29, 0.717) is 6.04 Å². The second-order valence-electron chi connectivity index (χ2n) is 5.94. The predicted molar refractivity (Wildman–Crippen MR) is 73.3 cm³/mol. The first-order valence-electron chi connectivity index (χ1n) is 7.39. The van der Waals surface area contributed by atoms with Crippen LogP contribution in [0.2, 0.25) is 0 Å². The molecule has 0 radical (unpaired) electrons. The fourth-order valence-electron chi connectivity index (χ4n) is 3.54. The molecule has 1 aliphatic carbocycles. The molecule has 3 nitrogen and oxygen atoms in total. The third-order valence-electron chi connectivity index (χ3n) is 4.59. The summed E-state index contributed by atoms with van der Waals surface area (Å²) in [5.74, 6) is 0.919. The van der Waals surface area contributed by atoms with Crippen molar-refractivity contribution in [1.82, 2.24) is 15.5 Å². The van der Waals surface area contributed by atoms with E-state index >= 15 is 0 Å².